The topological polar surface area (TPSA) is 82.7 Å². The Morgan fingerprint density at radius 3 is 2.81 bits per heavy atom. The van der Waals surface area contributed by atoms with Crippen LogP contribution in [0.15, 0.2) is 61.2 Å². The Morgan fingerprint density at radius 2 is 2.07 bits per heavy atom. The van der Waals surface area contributed by atoms with Gasteiger partial charge in [-0.15, -0.1) is 10.2 Å². The molecule has 1 aromatic carbocycles. The van der Waals surface area contributed by atoms with Crippen molar-refractivity contribution in [3.05, 3.63) is 66.7 Å². The van der Waals surface area contributed by atoms with Gasteiger partial charge in [-0.1, -0.05) is 6.07 Å². The molecule has 0 radical (unpaired) electrons. The first-order valence-electron chi connectivity index (χ1n) is 8.46. The zero-order valence-corrected chi connectivity index (χ0v) is 15.1. The van der Waals surface area contributed by atoms with Gasteiger partial charge in [-0.05, 0) is 24.3 Å². The van der Waals surface area contributed by atoms with Gasteiger partial charge in [0.15, 0.2) is 5.82 Å². The highest BCUT2D eigenvalue weighted by Gasteiger charge is 2.07. The number of methoxy groups -OCH3 is 1. The van der Waals surface area contributed by atoms with Gasteiger partial charge in [0.05, 0.1) is 19.0 Å². The number of imidazole rings is 1. The van der Waals surface area contributed by atoms with Gasteiger partial charge < -0.3 is 14.6 Å². The van der Waals surface area contributed by atoms with Crippen molar-refractivity contribution in [2.45, 2.75) is 6.54 Å². The first-order chi connectivity index (χ1) is 13.2. The number of anilines is 1. The van der Waals surface area contributed by atoms with Crippen molar-refractivity contribution >= 4 is 5.82 Å². The summed E-state index contributed by atoms with van der Waals surface area (Å²) in [6, 6.07) is 11.6. The minimum absolute atomic E-state index is 0.598. The number of nitrogens with zero attached hydrogens (tertiary/aromatic N) is 6. The molecule has 0 bridgehead atoms. The van der Waals surface area contributed by atoms with Crippen LogP contribution in [0, 0.1) is 0 Å². The molecule has 0 aliphatic heterocycles. The molecule has 8 nitrogen and oxygen atoms in total. The second kappa shape index (κ2) is 7.28. The molecule has 4 rings (SSSR count). The molecule has 0 fully saturated rings. The Morgan fingerprint density at radius 1 is 1.15 bits per heavy atom. The maximum absolute atomic E-state index is 5.26. The van der Waals surface area contributed by atoms with Gasteiger partial charge in [-0.25, -0.2) is 9.67 Å². The maximum Gasteiger partial charge on any atom is 0.160 e. The number of nitrogens with one attached hydrogen (secondary N) is 1. The van der Waals surface area contributed by atoms with E-state index in [1.165, 1.54) is 0 Å². The molecule has 27 heavy (non-hydrogen) atoms. The van der Waals surface area contributed by atoms with Crippen molar-refractivity contribution in [1.29, 1.82) is 0 Å². The minimum Gasteiger partial charge on any atom is -0.497 e. The molecule has 0 unspecified atom stereocenters. The Labute approximate surface area is 156 Å². The van der Waals surface area contributed by atoms with Crippen LogP contribution >= 0.6 is 0 Å². The number of hydrogen-bond donors (Lipinski definition) is 1. The van der Waals surface area contributed by atoms with Crippen LogP contribution in [0.3, 0.4) is 0 Å². The molecular weight excluding hydrogens is 342 g/mol. The van der Waals surface area contributed by atoms with Crippen molar-refractivity contribution in [3.8, 4) is 23.0 Å². The van der Waals surface area contributed by atoms with Gasteiger partial charge in [-0.3, -0.25) is 0 Å². The SMILES string of the molecule is COc1cccc(-n2cc(CNc3ccc(-c4nccn4C)nn3)cn2)c1. The summed E-state index contributed by atoms with van der Waals surface area (Å²) in [7, 11) is 3.58. The number of rotatable bonds is 6. The monoisotopic (exact) mass is 361 g/mol. The lowest BCUT2D eigenvalue weighted by Gasteiger charge is -2.05. The number of aromatic nitrogens is 6. The maximum atomic E-state index is 5.26. The van der Waals surface area contributed by atoms with E-state index in [9.17, 15) is 0 Å². The normalized spacial score (nSPS) is 10.7. The third-order valence-corrected chi connectivity index (χ3v) is 4.14. The van der Waals surface area contributed by atoms with Crippen LogP contribution in [0.4, 0.5) is 5.82 Å². The van der Waals surface area contributed by atoms with Crippen LogP contribution in [0.25, 0.3) is 17.2 Å². The van der Waals surface area contributed by atoms with E-state index in [4.69, 9.17) is 4.74 Å². The molecule has 0 aliphatic carbocycles. The third-order valence-electron chi connectivity index (χ3n) is 4.14. The van der Waals surface area contributed by atoms with E-state index < -0.39 is 0 Å². The van der Waals surface area contributed by atoms with Crippen LogP contribution in [0.2, 0.25) is 0 Å². The van der Waals surface area contributed by atoms with Crippen molar-refractivity contribution < 1.29 is 4.74 Å². The van der Waals surface area contributed by atoms with Crippen LogP contribution in [0.1, 0.15) is 5.56 Å². The highest BCUT2D eigenvalue weighted by Crippen LogP contribution is 2.17. The number of aryl methyl sites for hydroxylation is 1. The fraction of sp³-hybridized carbons (Fsp3) is 0.158. The summed E-state index contributed by atoms with van der Waals surface area (Å²) in [4.78, 5) is 4.27. The lowest BCUT2D eigenvalue weighted by atomic mass is 10.3. The number of hydrogen-bond acceptors (Lipinski definition) is 6. The molecule has 3 heterocycles. The second-order valence-electron chi connectivity index (χ2n) is 6.01. The quantitative estimate of drug-likeness (QED) is 0.568. The zero-order valence-electron chi connectivity index (χ0n) is 15.1. The van der Waals surface area contributed by atoms with Crippen molar-refractivity contribution in [1.82, 2.24) is 29.5 Å². The lowest BCUT2D eigenvalue weighted by Crippen LogP contribution is -2.03. The van der Waals surface area contributed by atoms with Gasteiger partial charge >= 0.3 is 0 Å². The minimum atomic E-state index is 0.598. The Hall–Kier alpha value is -3.68. The summed E-state index contributed by atoms with van der Waals surface area (Å²) in [5.41, 5.74) is 2.71. The standard InChI is InChI=1S/C19H19N7O/c1-25-9-8-20-19(25)17-6-7-18(24-23-17)21-11-14-12-22-26(13-14)15-4-3-5-16(10-15)27-2/h3-10,12-13H,11H2,1-2H3,(H,21,24). The van der Waals surface area contributed by atoms with Gasteiger partial charge in [-0.2, -0.15) is 5.10 Å². The molecule has 3 aromatic heterocycles. The van der Waals surface area contributed by atoms with Crippen molar-refractivity contribution in [2.24, 2.45) is 7.05 Å². The summed E-state index contributed by atoms with van der Waals surface area (Å²) < 4.78 is 8.98. The predicted molar refractivity (Wildman–Crippen MR) is 102 cm³/mol. The smallest absolute Gasteiger partial charge is 0.160 e. The largest absolute Gasteiger partial charge is 0.497 e. The highest BCUT2D eigenvalue weighted by atomic mass is 16.5. The summed E-state index contributed by atoms with van der Waals surface area (Å²) in [6.45, 7) is 0.598. The summed E-state index contributed by atoms with van der Waals surface area (Å²) in [5.74, 6) is 2.28. The molecule has 8 heteroatoms. The van der Waals surface area contributed by atoms with Crippen LogP contribution in [0.5, 0.6) is 5.75 Å². The molecule has 0 aliphatic rings. The predicted octanol–water partition coefficient (Wildman–Crippen LogP) is 2.68. The number of benzene rings is 1. The Bertz CT molecular complexity index is 1040. The van der Waals surface area contributed by atoms with E-state index >= 15 is 0 Å². The molecule has 1 N–H and O–H groups in total. The van der Waals surface area contributed by atoms with E-state index in [2.05, 4.69) is 25.6 Å². The van der Waals surface area contributed by atoms with Gasteiger partial charge in [0.2, 0.25) is 0 Å². The Kier molecular flexibility index (Phi) is 4.52. The third kappa shape index (κ3) is 3.64. The fourth-order valence-electron chi connectivity index (χ4n) is 2.70. The average Bonchev–Trinajstić information content (AvgIpc) is 3.36. The summed E-state index contributed by atoms with van der Waals surface area (Å²) in [5, 5.41) is 16.1. The molecule has 0 saturated carbocycles. The van der Waals surface area contributed by atoms with E-state index in [0.717, 1.165) is 28.5 Å². The van der Waals surface area contributed by atoms with Crippen LogP contribution < -0.4 is 10.1 Å². The molecule has 0 amide bonds. The van der Waals surface area contributed by atoms with E-state index in [-0.39, 0.29) is 0 Å². The molecule has 0 saturated heterocycles. The zero-order chi connectivity index (χ0) is 18.6. The van der Waals surface area contributed by atoms with E-state index in [0.29, 0.717) is 12.4 Å². The molecule has 136 valence electrons. The average molecular weight is 361 g/mol. The van der Waals surface area contributed by atoms with E-state index in [1.807, 2.05) is 71.3 Å². The highest BCUT2D eigenvalue weighted by molar-refractivity contribution is 5.51. The van der Waals surface area contributed by atoms with Gasteiger partial charge in [0.25, 0.3) is 0 Å². The number of ether oxygens (including phenoxy) is 1. The summed E-state index contributed by atoms with van der Waals surface area (Å²) >= 11 is 0. The Balaban J connectivity index is 1.42. The fourth-order valence-corrected chi connectivity index (χ4v) is 2.70. The molecule has 4 aromatic rings. The van der Waals surface area contributed by atoms with Gasteiger partial charge in [0, 0.05) is 43.8 Å². The van der Waals surface area contributed by atoms with E-state index in [1.54, 1.807) is 13.3 Å². The molecular formula is C19H19N7O. The van der Waals surface area contributed by atoms with Crippen molar-refractivity contribution in [2.75, 3.05) is 12.4 Å². The molecule has 0 spiro atoms. The first-order valence-corrected chi connectivity index (χ1v) is 8.46. The van der Waals surface area contributed by atoms with Crippen LogP contribution in [-0.4, -0.2) is 36.6 Å². The second-order valence-corrected chi connectivity index (χ2v) is 6.01. The lowest BCUT2D eigenvalue weighted by molar-refractivity contribution is 0.414. The first kappa shape index (κ1) is 16.8. The van der Waals surface area contributed by atoms with Crippen LogP contribution in [-0.2, 0) is 13.6 Å². The molecule has 0 atom stereocenters. The van der Waals surface area contributed by atoms with Gasteiger partial charge in [0.1, 0.15) is 17.3 Å². The summed E-state index contributed by atoms with van der Waals surface area (Å²) in [6.07, 6.45) is 7.41. The van der Waals surface area contributed by atoms with Crippen molar-refractivity contribution in [3.63, 3.8) is 0 Å².